The molecule has 0 saturated carbocycles. The highest BCUT2D eigenvalue weighted by Gasteiger charge is 2.20. The molecule has 0 aliphatic carbocycles. The summed E-state index contributed by atoms with van der Waals surface area (Å²) >= 11 is 6.47. The van der Waals surface area contributed by atoms with Gasteiger partial charge in [0, 0.05) is 17.2 Å². The first-order valence-electron chi connectivity index (χ1n) is 9.08. The monoisotopic (exact) mass is 409 g/mol. The van der Waals surface area contributed by atoms with Crippen molar-refractivity contribution >= 4 is 40.2 Å². The van der Waals surface area contributed by atoms with Crippen LogP contribution in [0.5, 0.6) is 0 Å². The highest BCUT2D eigenvalue weighted by Crippen LogP contribution is 2.28. The van der Waals surface area contributed by atoms with Gasteiger partial charge < -0.3 is 9.84 Å². The summed E-state index contributed by atoms with van der Waals surface area (Å²) in [6.07, 6.45) is 1.73. The van der Waals surface area contributed by atoms with Crippen LogP contribution in [0, 0.1) is 0 Å². The summed E-state index contributed by atoms with van der Waals surface area (Å²) < 4.78 is 7.18. The third-order valence-electron chi connectivity index (χ3n) is 4.41. The second kappa shape index (κ2) is 7.25. The Kier molecular flexibility index (Phi) is 4.76. The molecule has 0 spiro atoms. The second-order valence-electron chi connectivity index (χ2n) is 7.68. The summed E-state index contributed by atoms with van der Waals surface area (Å²) in [5, 5.41) is 9.77. The maximum atomic E-state index is 12.3. The Morgan fingerprint density at radius 3 is 2.62 bits per heavy atom. The molecule has 7 nitrogen and oxygen atoms in total. The summed E-state index contributed by atoms with van der Waals surface area (Å²) in [7, 11) is 0. The normalized spacial score (nSPS) is 11.6. The molecule has 29 heavy (non-hydrogen) atoms. The van der Waals surface area contributed by atoms with Gasteiger partial charge in [-0.15, -0.1) is 0 Å². The van der Waals surface area contributed by atoms with E-state index in [2.05, 4.69) is 20.8 Å². The maximum absolute atomic E-state index is 12.3. The fraction of sp³-hybridized carbons (Fsp3) is 0.190. The number of hydrogen-bond acceptors (Lipinski definition) is 4. The number of nitrogens with zero attached hydrogens (tertiary/aromatic N) is 3. The molecule has 2 heterocycles. The van der Waals surface area contributed by atoms with Crippen molar-refractivity contribution in [2.24, 2.45) is 0 Å². The Balaban J connectivity index is 1.49. The van der Waals surface area contributed by atoms with Crippen LogP contribution in [0.4, 0.5) is 16.3 Å². The molecular formula is C21H20ClN5O2. The van der Waals surface area contributed by atoms with E-state index in [4.69, 9.17) is 16.1 Å². The number of para-hydroxylation sites is 2. The Morgan fingerprint density at radius 2 is 1.90 bits per heavy atom. The van der Waals surface area contributed by atoms with Gasteiger partial charge in [-0.1, -0.05) is 49.7 Å². The van der Waals surface area contributed by atoms with E-state index >= 15 is 0 Å². The van der Waals surface area contributed by atoms with Gasteiger partial charge in [0.2, 0.25) is 0 Å². The van der Waals surface area contributed by atoms with Crippen LogP contribution in [-0.2, 0) is 5.41 Å². The van der Waals surface area contributed by atoms with Gasteiger partial charge in [-0.25, -0.2) is 9.78 Å². The summed E-state index contributed by atoms with van der Waals surface area (Å²) in [5.41, 5.74) is 2.98. The van der Waals surface area contributed by atoms with E-state index in [9.17, 15) is 4.79 Å². The van der Waals surface area contributed by atoms with Crippen molar-refractivity contribution in [2.75, 3.05) is 10.6 Å². The van der Waals surface area contributed by atoms with Gasteiger partial charge in [0.15, 0.2) is 5.82 Å². The molecule has 2 amide bonds. The fourth-order valence-electron chi connectivity index (χ4n) is 2.90. The third-order valence-corrected chi connectivity index (χ3v) is 4.71. The number of rotatable bonds is 3. The molecule has 0 unspecified atom stereocenters. The molecule has 2 aromatic carbocycles. The molecule has 4 aromatic rings. The van der Waals surface area contributed by atoms with Crippen LogP contribution in [0.15, 0.2) is 59.4 Å². The average Bonchev–Trinajstić information content (AvgIpc) is 3.29. The Hall–Kier alpha value is -3.32. The number of halogens is 1. The van der Waals surface area contributed by atoms with Gasteiger partial charge in [-0.05, 0) is 30.3 Å². The second-order valence-corrected chi connectivity index (χ2v) is 8.08. The number of carbonyl (C=O) groups is 1. The number of aromatic nitrogens is 3. The van der Waals surface area contributed by atoms with Crippen LogP contribution in [0.3, 0.4) is 0 Å². The predicted molar refractivity (Wildman–Crippen MR) is 114 cm³/mol. The minimum absolute atomic E-state index is 0.190. The number of imidazole rings is 1. The van der Waals surface area contributed by atoms with Crippen LogP contribution in [0.25, 0.3) is 16.7 Å². The molecule has 2 N–H and O–H groups in total. The zero-order chi connectivity index (χ0) is 20.6. The zero-order valence-electron chi connectivity index (χ0n) is 16.2. The smallest absolute Gasteiger partial charge is 0.324 e. The summed E-state index contributed by atoms with van der Waals surface area (Å²) in [6, 6.07) is 14.4. The molecule has 0 aliphatic heterocycles. The molecule has 0 bridgehead atoms. The number of amides is 2. The number of hydrogen-bond donors (Lipinski definition) is 2. The van der Waals surface area contributed by atoms with E-state index < -0.39 is 6.03 Å². The largest absolute Gasteiger partial charge is 0.359 e. The van der Waals surface area contributed by atoms with E-state index in [-0.39, 0.29) is 5.41 Å². The molecule has 8 heteroatoms. The Labute approximate surface area is 172 Å². The van der Waals surface area contributed by atoms with Crippen LogP contribution in [0.2, 0.25) is 5.02 Å². The number of urea groups is 1. The van der Waals surface area contributed by atoms with Gasteiger partial charge in [-0.2, -0.15) is 0 Å². The molecule has 0 atom stereocenters. The number of benzene rings is 2. The van der Waals surface area contributed by atoms with Crippen molar-refractivity contribution in [3.05, 3.63) is 65.6 Å². The van der Waals surface area contributed by atoms with Gasteiger partial charge in [-0.3, -0.25) is 9.88 Å². The maximum Gasteiger partial charge on any atom is 0.324 e. The lowest BCUT2D eigenvalue weighted by Crippen LogP contribution is -2.19. The highest BCUT2D eigenvalue weighted by molar-refractivity contribution is 6.32. The molecule has 148 valence electrons. The van der Waals surface area contributed by atoms with Crippen LogP contribution < -0.4 is 10.6 Å². The fourth-order valence-corrected chi connectivity index (χ4v) is 3.17. The van der Waals surface area contributed by atoms with Gasteiger partial charge in [0.25, 0.3) is 0 Å². The van der Waals surface area contributed by atoms with E-state index in [1.165, 1.54) is 0 Å². The van der Waals surface area contributed by atoms with Crippen molar-refractivity contribution in [1.82, 2.24) is 14.7 Å². The van der Waals surface area contributed by atoms with Crippen molar-refractivity contribution in [1.29, 1.82) is 0 Å². The summed E-state index contributed by atoms with van der Waals surface area (Å²) in [4.78, 5) is 16.7. The molecule has 0 fully saturated rings. The Morgan fingerprint density at radius 1 is 1.10 bits per heavy atom. The lowest BCUT2D eigenvalue weighted by Gasteiger charge is -2.12. The minimum atomic E-state index is -0.435. The minimum Gasteiger partial charge on any atom is -0.359 e. The molecule has 0 radical (unpaired) electrons. The summed E-state index contributed by atoms with van der Waals surface area (Å²) in [6.45, 7) is 6.01. The molecular weight excluding hydrogens is 390 g/mol. The number of carbonyl (C=O) groups excluding carboxylic acids is 1. The first kappa shape index (κ1) is 19.0. The average molecular weight is 410 g/mol. The zero-order valence-corrected chi connectivity index (χ0v) is 17.0. The molecule has 0 aliphatic rings. The number of nitrogens with one attached hydrogen (secondary N) is 2. The lowest BCUT2D eigenvalue weighted by molar-refractivity contribution is 0.262. The lowest BCUT2D eigenvalue weighted by atomic mass is 9.93. The van der Waals surface area contributed by atoms with E-state index in [1.54, 1.807) is 24.5 Å². The molecule has 4 rings (SSSR count). The van der Waals surface area contributed by atoms with E-state index in [0.29, 0.717) is 22.3 Å². The topological polar surface area (TPSA) is 85.0 Å². The van der Waals surface area contributed by atoms with Crippen molar-refractivity contribution in [3.8, 4) is 5.69 Å². The van der Waals surface area contributed by atoms with Crippen molar-refractivity contribution < 1.29 is 9.32 Å². The summed E-state index contributed by atoms with van der Waals surface area (Å²) in [5.74, 6) is 1.03. The molecule has 2 aromatic heterocycles. The predicted octanol–water partition coefficient (Wildman–Crippen LogP) is 5.61. The number of anilines is 2. The van der Waals surface area contributed by atoms with Crippen molar-refractivity contribution in [2.45, 2.75) is 26.2 Å². The van der Waals surface area contributed by atoms with Crippen molar-refractivity contribution in [3.63, 3.8) is 0 Å². The van der Waals surface area contributed by atoms with E-state index in [1.807, 2.05) is 55.7 Å². The third kappa shape index (κ3) is 3.95. The standard InChI is InChI=1S/C21H20ClN5O2/c1-21(2,3)18-11-19(26-29-18)25-20(28)24-13-8-9-16(14(22)10-13)27-12-23-15-6-4-5-7-17(15)27/h4-12H,1-3H3,(H2,24,25,26,28). The van der Waals surface area contributed by atoms with Crippen LogP contribution >= 0.6 is 11.6 Å². The van der Waals surface area contributed by atoms with Gasteiger partial charge in [0.05, 0.1) is 21.7 Å². The molecule has 0 saturated heterocycles. The Bertz CT molecular complexity index is 1190. The highest BCUT2D eigenvalue weighted by atomic mass is 35.5. The van der Waals surface area contributed by atoms with Crippen LogP contribution in [-0.4, -0.2) is 20.7 Å². The van der Waals surface area contributed by atoms with Gasteiger partial charge in [0.1, 0.15) is 12.1 Å². The first-order chi connectivity index (χ1) is 13.8. The first-order valence-corrected chi connectivity index (χ1v) is 9.46. The van der Waals surface area contributed by atoms with E-state index in [0.717, 1.165) is 16.7 Å². The van der Waals surface area contributed by atoms with Crippen LogP contribution in [0.1, 0.15) is 26.5 Å². The van der Waals surface area contributed by atoms with Gasteiger partial charge >= 0.3 is 6.03 Å². The SMILES string of the molecule is CC(C)(C)c1cc(NC(=O)Nc2ccc(-n3cnc4ccccc43)c(Cl)c2)no1. The number of fused-ring (bicyclic) bond motifs is 1. The quantitative estimate of drug-likeness (QED) is 0.460.